The van der Waals surface area contributed by atoms with Gasteiger partial charge < -0.3 is 5.32 Å². The minimum absolute atomic E-state index is 0.207. The Balaban J connectivity index is 2.18. The zero-order chi connectivity index (χ0) is 14.0. The largest absolute Gasteiger partial charge is 0.416 e. The van der Waals surface area contributed by atoms with Crippen LogP contribution < -0.4 is 5.32 Å². The monoisotopic (exact) mass is 271 g/mol. The Morgan fingerprint density at radius 1 is 1.37 bits per heavy atom. The van der Waals surface area contributed by atoms with Gasteiger partial charge in [-0.3, -0.25) is 0 Å². The first-order valence-electron chi connectivity index (χ1n) is 6.86. The van der Waals surface area contributed by atoms with Crippen molar-refractivity contribution >= 4 is 5.69 Å². The van der Waals surface area contributed by atoms with Crippen LogP contribution in [-0.2, 0) is 6.18 Å². The fourth-order valence-corrected chi connectivity index (χ4v) is 2.89. The van der Waals surface area contributed by atoms with Crippen molar-refractivity contribution < 1.29 is 13.2 Å². The first kappa shape index (κ1) is 14.2. The lowest BCUT2D eigenvalue weighted by molar-refractivity contribution is -0.137. The van der Waals surface area contributed by atoms with E-state index in [4.69, 9.17) is 0 Å². The third-order valence-electron chi connectivity index (χ3n) is 3.83. The van der Waals surface area contributed by atoms with Gasteiger partial charge in [-0.25, -0.2) is 0 Å². The van der Waals surface area contributed by atoms with Gasteiger partial charge in [0.25, 0.3) is 0 Å². The molecule has 0 radical (unpaired) electrons. The second kappa shape index (κ2) is 5.43. The highest BCUT2D eigenvalue weighted by atomic mass is 19.4. The Morgan fingerprint density at radius 3 is 2.74 bits per heavy atom. The third kappa shape index (κ3) is 3.23. The summed E-state index contributed by atoms with van der Waals surface area (Å²) in [7, 11) is 0. The SMILES string of the molecule is CCCC(C)CC1CNc2ccc(C(F)(F)F)cc21. The van der Waals surface area contributed by atoms with Gasteiger partial charge in [0.15, 0.2) is 0 Å². The maximum Gasteiger partial charge on any atom is 0.416 e. The van der Waals surface area contributed by atoms with Crippen LogP contribution in [0.15, 0.2) is 18.2 Å². The van der Waals surface area contributed by atoms with Crippen molar-refractivity contribution in [2.75, 3.05) is 11.9 Å². The minimum atomic E-state index is -4.25. The van der Waals surface area contributed by atoms with Gasteiger partial charge in [-0.2, -0.15) is 13.2 Å². The van der Waals surface area contributed by atoms with Crippen molar-refractivity contribution in [1.82, 2.24) is 0 Å². The van der Waals surface area contributed by atoms with E-state index in [1.807, 2.05) is 0 Å². The normalized spacial score (nSPS) is 19.9. The number of hydrogen-bond donors (Lipinski definition) is 1. The first-order valence-corrected chi connectivity index (χ1v) is 6.86. The van der Waals surface area contributed by atoms with E-state index in [0.29, 0.717) is 5.92 Å². The topological polar surface area (TPSA) is 12.0 Å². The summed E-state index contributed by atoms with van der Waals surface area (Å²) in [6.07, 6.45) is -1.05. The van der Waals surface area contributed by atoms with Crippen molar-refractivity contribution in [3.8, 4) is 0 Å². The van der Waals surface area contributed by atoms with E-state index in [-0.39, 0.29) is 5.92 Å². The van der Waals surface area contributed by atoms with E-state index in [9.17, 15) is 13.2 Å². The minimum Gasteiger partial charge on any atom is -0.384 e. The number of rotatable bonds is 4. The van der Waals surface area contributed by atoms with E-state index >= 15 is 0 Å². The van der Waals surface area contributed by atoms with Crippen LogP contribution in [0.1, 0.15) is 50.2 Å². The molecule has 2 rings (SSSR count). The van der Waals surface area contributed by atoms with Crippen molar-refractivity contribution in [3.63, 3.8) is 0 Å². The molecule has 0 bridgehead atoms. The molecule has 2 atom stereocenters. The van der Waals surface area contributed by atoms with Gasteiger partial charge >= 0.3 is 6.18 Å². The second-order valence-corrected chi connectivity index (χ2v) is 5.51. The molecule has 106 valence electrons. The zero-order valence-electron chi connectivity index (χ0n) is 11.3. The quantitative estimate of drug-likeness (QED) is 0.808. The Labute approximate surface area is 112 Å². The Bertz CT molecular complexity index is 440. The molecule has 1 aromatic rings. The molecule has 0 fully saturated rings. The van der Waals surface area contributed by atoms with Crippen molar-refractivity contribution in [3.05, 3.63) is 29.3 Å². The van der Waals surface area contributed by atoms with Crippen molar-refractivity contribution in [1.29, 1.82) is 0 Å². The lowest BCUT2D eigenvalue weighted by atomic mass is 9.88. The van der Waals surface area contributed by atoms with E-state index in [1.165, 1.54) is 6.07 Å². The van der Waals surface area contributed by atoms with Crippen LogP contribution in [-0.4, -0.2) is 6.54 Å². The van der Waals surface area contributed by atoms with Crippen LogP contribution in [0.2, 0.25) is 0 Å². The molecular formula is C15H20F3N. The van der Waals surface area contributed by atoms with E-state index in [2.05, 4.69) is 19.2 Å². The number of nitrogens with one attached hydrogen (secondary N) is 1. The summed E-state index contributed by atoms with van der Waals surface area (Å²) in [6.45, 7) is 5.07. The van der Waals surface area contributed by atoms with Crippen molar-refractivity contribution in [2.24, 2.45) is 5.92 Å². The average Bonchev–Trinajstić information content (AvgIpc) is 2.71. The predicted molar refractivity (Wildman–Crippen MR) is 71.4 cm³/mol. The van der Waals surface area contributed by atoms with Crippen LogP contribution in [0.5, 0.6) is 0 Å². The maximum atomic E-state index is 12.7. The summed E-state index contributed by atoms with van der Waals surface area (Å²) in [6, 6.07) is 4.03. The fraction of sp³-hybridized carbons (Fsp3) is 0.600. The molecule has 2 unspecified atom stereocenters. The molecule has 0 saturated carbocycles. The Morgan fingerprint density at radius 2 is 2.11 bits per heavy atom. The third-order valence-corrected chi connectivity index (χ3v) is 3.83. The predicted octanol–water partition coefficient (Wildman–Crippen LogP) is 5.04. The van der Waals surface area contributed by atoms with Gasteiger partial charge in [0.2, 0.25) is 0 Å². The summed E-state index contributed by atoms with van der Waals surface area (Å²) in [5.41, 5.74) is 1.16. The highest BCUT2D eigenvalue weighted by molar-refractivity contribution is 5.59. The molecule has 19 heavy (non-hydrogen) atoms. The number of alkyl halides is 3. The van der Waals surface area contributed by atoms with Crippen LogP contribution in [0, 0.1) is 5.92 Å². The van der Waals surface area contributed by atoms with E-state index in [1.54, 1.807) is 6.07 Å². The number of anilines is 1. The summed E-state index contributed by atoms with van der Waals surface area (Å²) in [5.74, 6) is 0.760. The van der Waals surface area contributed by atoms with E-state index < -0.39 is 11.7 Å². The maximum absolute atomic E-state index is 12.7. The molecule has 4 heteroatoms. The summed E-state index contributed by atoms with van der Waals surface area (Å²) in [5, 5.41) is 3.21. The molecule has 1 heterocycles. The van der Waals surface area contributed by atoms with Gasteiger partial charge in [-0.05, 0) is 36.1 Å². The fourth-order valence-electron chi connectivity index (χ4n) is 2.89. The summed E-state index contributed by atoms with van der Waals surface area (Å²) in [4.78, 5) is 0. The van der Waals surface area contributed by atoms with Crippen molar-refractivity contribution in [2.45, 2.75) is 45.2 Å². The van der Waals surface area contributed by atoms with E-state index in [0.717, 1.165) is 43.1 Å². The molecule has 1 aliphatic rings. The van der Waals surface area contributed by atoms with Crippen LogP contribution >= 0.6 is 0 Å². The van der Waals surface area contributed by atoms with Crippen LogP contribution in [0.3, 0.4) is 0 Å². The molecule has 1 aliphatic heterocycles. The van der Waals surface area contributed by atoms with Gasteiger partial charge in [0.05, 0.1) is 5.56 Å². The smallest absolute Gasteiger partial charge is 0.384 e. The van der Waals surface area contributed by atoms with Gasteiger partial charge in [0, 0.05) is 18.2 Å². The summed E-state index contributed by atoms with van der Waals surface area (Å²) < 4.78 is 38.2. The van der Waals surface area contributed by atoms with Crippen LogP contribution in [0.4, 0.5) is 18.9 Å². The molecule has 0 aromatic heterocycles. The second-order valence-electron chi connectivity index (χ2n) is 5.51. The highest BCUT2D eigenvalue weighted by Crippen LogP contribution is 2.40. The average molecular weight is 271 g/mol. The molecule has 1 N–H and O–H groups in total. The summed E-state index contributed by atoms with van der Waals surface area (Å²) >= 11 is 0. The van der Waals surface area contributed by atoms with Gasteiger partial charge in [-0.15, -0.1) is 0 Å². The standard InChI is InChI=1S/C15H20F3N/c1-3-4-10(2)7-11-9-19-14-6-5-12(8-13(11)14)15(16,17)18/h5-6,8,10-11,19H,3-4,7,9H2,1-2H3. The van der Waals surface area contributed by atoms with Gasteiger partial charge in [-0.1, -0.05) is 26.7 Å². The molecule has 0 aliphatic carbocycles. The highest BCUT2D eigenvalue weighted by Gasteiger charge is 2.33. The number of hydrogen-bond acceptors (Lipinski definition) is 1. The number of benzene rings is 1. The van der Waals surface area contributed by atoms with Crippen LogP contribution in [0.25, 0.3) is 0 Å². The first-order chi connectivity index (χ1) is 8.91. The lowest BCUT2D eigenvalue weighted by Gasteiger charge is -2.17. The molecule has 0 spiro atoms. The Hall–Kier alpha value is -1.19. The molecule has 0 saturated heterocycles. The molecular weight excluding hydrogens is 251 g/mol. The lowest BCUT2D eigenvalue weighted by Crippen LogP contribution is -2.08. The Kier molecular flexibility index (Phi) is 4.07. The molecule has 0 amide bonds. The van der Waals surface area contributed by atoms with Gasteiger partial charge in [0.1, 0.15) is 0 Å². The number of halogens is 3. The zero-order valence-corrected chi connectivity index (χ0v) is 11.3. The molecule has 1 nitrogen and oxygen atoms in total. The number of fused-ring (bicyclic) bond motifs is 1. The molecule has 1 aromatic carbocycles.